The smallest absolute Gasteiger partial charge is 0.255 e. The Bertz CT molecular complexity index is 722. The van der Waals surface area contributed by atoms with Crippen molar-refractivity contribution in [2.24, 2.45) is 0 Å². The maximum Gasteiger partial charge on any atom is 0.255 e. The second kappa shape index (κ2) is 5.83. The van der Waals surface area contributed by atoms with E-state index in [2.05, 4.69) is 22.3 Å². The van der Waals surface area contributed by atoms with E-state index in [0.29, 0.717) is 17.1 Å². The molecule has 1 saturated heterocycles. The summed E-state index contributed by atoms with van der Waals surface area (Å²) >= 11 is 0. The van der Waals surface area contributed by atoms with Gasteiger partial charge in [-0.1, -0.05) is 0 Å². The van der Waals surface area contributed by atoms with Gasteiger partial charge in [0, 0.05) is 30.0 Å². The van der Waals surface area contributed by atoms with Crippen LogP contribution in [0.5, 0.6) is 11.5 Å². The van der Waals surface area contributed by atoms with Gasteiger partial charge in [-0.05, 0) is 55.3 Å². The monoisotopic (exact) mass is 310 g/mol. The summed E-state index contributed by atoms with van der Waals surface area (Å²) in [6.07, 6.45) is 2.51. The number of rotatable bonds is 3. The lowest BCUT2D eigenvalue weighted by atomic mass is 10.2. The lowest BCUT2D eigenvalue weighted by molar-refractivity contribution is 0.102. The highest BCUT2D eigenvalue weighted by atomic mass is 16.7. The number of carbonyl (C=O) groups is 1. The molecule has 2 aromatic carbocycles. The molecule has 0 spiro atoms. The molecule has 5 nitrogen and oxygen atoms in total. The Morgan fingerprint density at radius 2 is 1.70 bits per heavy atom. The van der Waals surface area contributed by atoms with Gasteiger partial charge >= 0.3 is 0 Å². The summed E-state index contributed by atoms with van der Waals surface area (Å²) in [5.74, 6) is 1.13. The van der Waals surface area contributed by atoms with Gasteiger partial charge in [-0.25, -0.2) is 0 Å². The van der Waals surface area contributed by atoms with E-state index in [-0.39, 0.29) is 12.7 Å². The largest absolute Gasteiger partial charge is 0.454 e. The molecule has 5 heteroatoms. The average Bonchev–Trinajstić information content (AvgIpc) is 3.26. The van der Waals surface area contributed by atoms with Crippen LogP contribution in [0.3, 0.4) is 0 Å². The number of hydrogen-bond acceptors (Lipinski definition) is 4. The Morgan fingerprint density at radius 1 is 0.957 bits per heavy atom. The summed E-state index contributed by atoms with van der Waals surface area (Å²) in [4.78, 5) is 14.7. The molecule has 2 aromatic rings. The number of anilines is 2. The Kier molecular flexibility index (Phi) is 3.54. The zero-order chi connectivity index (χ0) is 15.6. The minimum absolute atomic E-state index is 0.155. The number of ether oxygens (including phenoxy) is 2. The van der Waals surface area contributed by atoms with Crippen LogP contribution < -0.4 is 19.7 Å². The highest BCUT2D eigenvalue weighted by Crippen LogP contribution is 2.32. The van der Waals surface area contributed by atoms with Gasteiger partial charge in [-0.2, -0.15) is 0 Å². The van der Waals surface area contributed by atoms with Gasteiger partial charge in [0.15, 0.2) is 11.5 Å². The first-order valence-corrected chi connectivity index (χ1v) is 7.86. The molecule has 0 aliphatic carbocycles. The summed E-state index contributed by atoms with van der Waals surface area (Å²) < 4.78 is 10.6. The predicted octanol–water partition coefficient (Wildman–Crippen LogP) is 3.27. The quantitative estimate of drug-likeness (QED) is 0.945. The molecule has 1 amide bonds. The summed E-state index contributed by atoms with van der Waals surface area (Å²) in [6.45, 7) is 2.43. The normalized spacial score (nSPS) is 15.7. The van der Waals surface area contributed by atoms with Crippen molar-refractivity contribution < 1.29 is 14.3 Å². The fourth-order valence-corrected chi connectivity index (χ4v) is 2.97. The van der Waals surface area contributed by atoms with Crippen LogP contribution in [0, 0.1) is 0 Å². The standard InChI is InChI=1S/C18H18N2O3/c21-18(13-3-8-16-17(11-13)23-12-22-16)19-14-4-6-15(7-5-14)20-9-1-2-10-20/h3-8,11H,1-2,9-10,12H2,(H,19,21). The van der Waals surface area contributed by atoms with E-state index in [9.17, 15) is 4.79 Å². The van der Waals surface area contributed by atoms with E-state index in [0.717, 1.165) is 18.8 Å². The van der Waals surface area contributed by atoms with Gasteiger partial charge in [0.1, 0.15) is 0 Å². The Balaban J connectivity index is 1.46. The third-order valence-corrected chi connectivity index (χ3v) is 4.23. The maximum atomic E-state index is 12.3. The van der Waals surface area contributed by atoms with Gasteiger partial charge in [-0.15, -0.1) is 0 Å². The van der Waals surface area contributed by atoms with Gasteiger partial charge in [0.25, 0.3) is 5.91 Å². The molecule has 118 valence electrons. The van der Waals surface area contributed by atoms with E-state index in [1.54, 1.807) is 18.2 Å². The van der Waals surface area contributed by atoms with Crippen LogP contribution in [-0.4, -0.2) is 25.8 Å². The number of nitrogens with one attached hydrogen (secondary N) is 1. The fourth-order valence-electron chi connectivity index (χ4n) is 2.97. The number of carbonyl (C=O) groups excluding carboxylic acids is 1. The average molecular weight is 310 g/mol. The lowest BCUT2D eigenvalue weighted by Crippen LogP contribution is -2.17. The van der Waals surface area contributed by atoms with E-state index in [1.165, 1.54) is 18.5 Å². The van der Waals surface area contributed by atoms with E-state index >= 15 is 0 Å². The van der Waals surface area contributed by atoms with Crippen molar-refractivity contribution in [3.63, 3.8) is 0 Å². The van der Waals surface area contributed by atoms with Crippen LogP contribution in [0.4, 0.5) is 11.4 Å². The van der Waals surface area contributed by atoms with Crippen LogP contribution in [0.2, 0.25) is 0 Å². The summed E-state index contributed by atoms with van der Waals surface area (Å²) in [7, 11) is 0. The molecule has 23 heavy (non-hydrogen) atoms. The number of amides is 1. The van der Waals surface area contributed by atoms with Crippen LogP contribution in [0.1, 0.15) is 23.2 Å². The molecule has 2 aliphatic rings. The Hall–Kier alpha value is -2.69. The van der Waals surface area contributed by atoms with Crippen LogP contribution in [-0.2, 0) is 0 Å². The van der Waals surface area contributed by atoms with E-state index < -0.39 is 0 Å². The molecular weight excluding hydrogens is 292 g/mol. The minimum Gasteiger partial charge on any atom is -0.454 e. The first-order chi connectivity index (χ1) is 11.3. The second-order valence-electron chi connectivity index (χ2n) is 5.76. The van der Waals surface area contributed by atoms with Crippen molar-refractivity contribution in [3.8, 4) is 11.5 Å². The molecule has 0 atom stereocenters. The molecule has 0 saturated carbocycles. The highest BCUT2D eigenvalue weighted by molar-refractivity contribution is 6.04. The molecule has 4 rings (SSSR count). The topological polar surface area (TPSA) is 50.8 Å². The van der Waals surface area contributed by atoms with Gasteiger partial charge in [0.05, 0.1) is 0 Å². The Labute approximate surface area is 134 Å². The van der Waals surface area contributed by atoms with Gasteiger partial charge in [0.2, 0.25) is 6.79 Å². The molecule has 0 bridgehead atoms. The fraction of sp³-hybridized carbons (Fsp3) is 0.278. The summed E-state index contributed by atoms with van der Waals surface area (Å²) in [5.41, 5.74) is 2.55. The summed E-state index contributed by atoms with van der Waals surface area (Å²) in [5, 5.41) is 2.91. The predicted molar refractivity (Wildman–Crippen MR) is 88.4 cm³/mol. The van der Waals surface area contributed by atoms with Crippen LogP contribution >= 0.6 is 0 Å². The van der Waals surface area contributed by atoms with Crippen molar-refractivity contribution in [1.29, 1.82) is 0 Å². The van der Waals surface area contributed by atoms with Crippen molar-refractivity contribution in [3.05, 3.63) is 48.0 Å². The molecule has 0 unspecified atom stereocenters. The van der Waals surface area contributed by atoms with Crippen LogP contribution in [0.15, 0.2) is 42.5 Å². The number of fused-ring (bicyclic) bond motifs is 1. The summed E-state index contributed by atoms with van der Waals surface area (Å²) in [6, 6.07) is 13.2. The highest BCUT2D eigenvalue weighted by Gasteiger charge is 2.16. The molecule has 0 radical (unpaired) electrons. The van der Waals surface area contributed by atoms with Gasteiger partial charge in [-0.3, -0.25) is 4.79 Å². The van der Waals surface area contributed by atoms with Crippen molar-refractivity contribution in [2.45, 2.75) is 12.8 Å². The Morgan fingerprint density at radius 3 is 2.48 bits per heavy atom. The van der Waals surface area contributed by atoms with Crippen LogP contribution in [0.25, 0.3) is 0 Å². The van der Waals surface area contributed by atoms with Gasteiger partial charge < -0.3 is 19.7 Å². The zero-order valence-corrected chi connectivity index (χ0v) is 12.7. The zero-order valence-electron chi connectivity index (χ0n) is 12.7. The molecular formula is C18H18N2O3. The van der Waals surface area contributed by atoms with E-state index in [4.69, 9.17) is 9.47 Å². The minimum atomic E-state index is -0.155. The first kappa shape index (κ1) is 13.9. The van der Waals surface area contributed by atoms with Crippen molar-refractivity contribution in [1.82, 2.24) is 0 Å². The molecule has 1 fully saturated rings. The number of nitrogens with zero attached hydrogens (tertiary/aromatic N) is 1. The third-order valence-electron chi connectivity index (χ3n) is 4.23. The SMILES string of the molecule is O=C(Nc1ccc(N2CCCC2)cc1)c1ccc2c(c1)OCO2. The third kappa shape index (κ3) is 2.82. The van der Waals surface area contributed by atoms with Crippen molar-refractivity contribution >= 4 is 17.3 Å². The molecule has 2 heterocycles. The number of benzene rings is 2. The molecule has 2 aliphatic heterocycles. The first-order valence-electron chi connectivity index (χ1n) is 7.86. The number of hydrogen-bond donors (Lipinski definition) is 1. The lowest BCUT2D eigenvalue weighted by Gasteiger charge is -2.17. The van der Waals surface area contributed by atoms with E-state index in [1.807, 2.05) is 12.1 Å². The van der Waals surface area contributed by atoms with Crippen molar-refractivity contribution in [2.75, 3.05) is 30.1 Å². The maximum absolute atomic E-state index is 12.3. The second-order valence-corrected chi connectivity index (χ2v) is 5.76. The molecule has 1 N–H and O–H groups in total. The molecule has 0 aromatic heterocycles.